The van der Waals surface area contributed by atoms with Crippen LogP contribution in [-0.4, -0.2) is 32.7 Å². The van der Waals surface area contributed by atoms with Crippen LogP contribution in [0.25, 0.3) is 0 Å². The van der Waals surface area contributed by atoms with E-state index in [9.17, 15) is 9.59 Å². The van der Waals surface area contributed by atoms with E-state index in [1.165, 1.54) is 20.3 Å². The lowest BCUT2D eigenvalue weighted by Crippen LogP contribution is -2.21. The molecule has 0 saturated carbocycles. The summed E-state index contributed by atoms with van der Waals surface area (Å²) in [6.45, 7) is 1.43. The molecule has 0 unspecified atom stereocenters. The van der Waals surface area contributed by atoms with Crippen molar-refractivity contribution < 1.29 is 23.8 Å². The SMILES string of the molecule is COc1cccc(C(=O)OCC(=O)Nc2ccc(C)cc2Cl)c1OC. The molecule has 1 N–H and O–H groups in total. The third-order valence-electron chi connectivity index (χ3n) is 3.36. The monoisotopic (exact) mass is 363 g/mol. The third-order valence-corrected chi connectivity index (χ3v) is 3.67. The average molecular weight is 364 g/mol. The Labute approximate surface area is 150 Å². The number of aryl methyl sites for hydroxylation is 1. The van der Waals surface area contributed by atoms with Crippen molar-refractivity contribution in [3.8, 4) is 11.5 Å². The number of para-hydroxylation sites is 1. The van der Waals surface area contributed by atoms with E-state index in [-0.39, 0.29) is 11.3 Å². The van der Waals surface area contributed by atoms with Crippen LogP contribution < -0.4 is 14.8 Å². The third kappa shape index (κ3) is 4.64. The Morgan fingerprint density at radius 2 is 1.88 bits per heavy atom. The quantitative estimate of drug-likeness (QED) is 0.795. The van der Waals surface area contributed by atoms with Crippen LogP contribution in [0.4, 0.5) is 5.69 Å². The van der Waals surface area contributed by atoms with Crippen molar-refractivity contribution in [3.05, 3.63) is 52.5 Å². The molecular formula is C18H18ClNO5. The number of anilines is 1. The number of halogens is 1. The van der Waals surface area contributed by atoms with Gasteiger partial charge in [0.15, 0.2) is 18.1 Å². The molecule has 0 atom stereocenters. The summed E-state index contributed by atoms with van der Waals surface area (Å²) in [6, 6.07) is 10.0. The number of hydrogen-bond acceptors (Lipinski definition) is 5. The molecule has 0 saturated heterocycles. The summed E-state index contributed by atoms with van der Waals surface area (Å²) >= 11 is 6.05. The van der Waals surface area contributed by atoms with Gasteiger partial charge in [0.25, 0.3) is 5.91 Å². The van der Waals surface area contributed by atoms with Gasteiger partial charge in [-0.15, -0.1) is 0 Å². The highest BCUT2D eigenvalue weighted by Gasteiger charge is 2.18. The first kappa shape index (κ1) is 18.6. The number of amides is 1. The molecule has 0 fully saturated rings. The number of hydrogen-bond donors (Lipinski definition) is 1. The zero-order chi connectivity index (χ0) is 18.4. The predicted octanol–water partition coefficient (Wildman–Crippen LogP) is 3.46. The minimum Gasteiger partial charge on any atom is -0.493 e. The second kappa shape index (κ2) is 8.39. The highest BCUT2D eigenvalue weighted by molar-refractivity contribution is 6.33. The van der Waals surface area contributed by atoms with Gasteiger partial charge in [-0.2, -0.15) is 0 Å². The average Bonchev–Trinajstić information content (AvgIpc) is 2.61. The molecule has 1 amide bonds. The van der Waals surface area contributed by atoms with E-state index in [2.05, 4.69) is 5.32 Å². The fraction of sp³-hybridized carbons (Fsp3) is 0.222. The Hall–Kier alpha value is -2.73. The largest absolute Gasteiger partial charge is 0.493 e. The van der Waals surface area contributed by atoms with E-state index < -0.39 is 18.5 Å². The predicted molar refractivity (Wildman–Crippen MR) is 94.6 cm³/mol. The fourth-order valence-corrected chi connectivity index (χ4v) is 2.45. The zero-order valence-electron chi connectivity index (χ0n) is 14.1. The van der Waals surface area contributed by atoms with Gasteiger partial charge in [0.05, 0.1) is 24.9 Å². The van der Waals surface area contributed by atoms with Crippen molar-refractivity contribution in [3.63, 3.8) is 0 Å². The molecule has 2 aromatic carbocycles. The maximum atomic E-state index is 12.2. The molecule has 2 rings (SSSR count). The Morgan fingerprint density at radius 3 is 2.52 bits per heavy atom. The first-order valence-corrected chi connectivity index (χ1v) is 7.78. The molecule has 0 radical (unpaired) electrons. The molecule has 0 spiro atoms. The summed E-state index contributed by atoms with van der Waals surface area (Å²) in [4.78, 5) is 24.2. The molecule has 0 aliphatic heterocycles. The summed E-state index contributed by atoms with van der Waals surface area (Å²) in [5.41, 5.74) is 1.59. The smallest absolute Gasteiger partial charge is 0.342 e. The summed E-state index contributed by atoms with van der Waals surface area (Å²) in [5, 5.41) is 3.00. The second-order valence-corrected chi connectivity index (χ2v) is 5.56. The van der Waals surface area contributed by atoms with Gasteiger partial charge in [-0.1, -0.05) is 23.7 Å². The van der Waals surface area contributed by atoms with Gasteiger partial charge in [0.1, 0.15) is 5.56 Å². The van der Waals surface area contributed by atoms with Crippen LogP contribution >= 0.6 is 11.6 Å². The van der Waals surface area contributed by atoms with E-state index in [1.807, 2.05) is 13.0 Å². The number of benzene rings is 2. The topological polar surface area (TPSA) is 73.9 Å². The lowest BCUT2D eigenvalue weighted by Gasteiger charge is -2.12. The Balaban J connectivity index is 2.01. The van der Waals surface area contributed by atoms with E-state index in [4.69, 9.17) is 25.8 Å². The minimum absolute atomic E-state index is 0.169. The Bertz CT molecular complexity index is 791. The van der Waals surface area contributed by atoms with Crippen molar-refractivity contribution >= 4 is 29.2 Å². The van der Waals surface area contributed by atoms with Crippen LogP contribution in [-0.2, 0) is 9.53 Å². The first-order valence-electron chi connectivity index (χ1n) is 7.40. The second-order valence-electron chi connectivity index (χ2n) is 5.15. The van der Waals surface area contributed by atoms with Crippen LogP contribution in [0.1, 0.15) is 15.9 Å². The van der Waals surface area contributed by atoms with Gasteiger partial charge < -0.3 is 19.5 Å². The molecule has 0 aromatic heterocycles. The molecule has 132 valence electrons. The molecule has 0 aliphatic carbocycles. The highest BCUT2D eigenvalue weighted by atomic mass is 35.5. The van der Waals surface area contributed by atoms with Crippen LogP contribution in [0.15, 0.2) is 36.4 Å². The normalized spacial score (nSPS) is 10.1. The minimum atomic E-state index is -0.694. The molecule has 7 heteroatoms. The maximum absolute atomic E-state index is 12.2. The van der Waals surface area contributed by atoms with E-state index in [0.29, 0.717) is 16.5 Å². The Morgan fingerprint density at radius 1 is 1.12 bits per heavy atom. The van der Waals surface area contributed by atoms with Crippen molar-refractivity contribution in [2.75, 3.05) is 26.1 Å². The zero-order valence-corrected chi connectivity index (χ0v) is 14.8. The molecular weight excluding hydrogens is 346 g/mol. The highest BCUT2D eigenvalue weighted by Crippen LogP contribution is 2.31. The molecule has 2 aromatic rings. The van der Waals surface area contributed by atoms with Gasteiger partial charge in [-0.3, -0.25) is 4.79 Å². The van der Waals surface area contributed by atoms with Gasteiger partial charge in [0.2, 0.25) is 0 Å². The van der Waals surface area contributed by atoms with Gasteiger partial charge in [-0.25, -0.2) is 4.79 Å². The molecule has 0 aliphatic rings. The van der Waals surface area contributed by atoms with Crippen LogP contribution in [0.2, 0.25) is 5.02 Å². The van der Waals surface area contributed by atoms with Gasteiger partial charge >= 0.3 is 5.97 Å². The number of esters is 1. The van der Waals surface area contributed by atoms with E-state index in [0.717, 1.165) is 5.56 Å². The van der Waals surface area contributed by atoms with Crippen LogP contribution in [0.3, 0.4) is 0 Å². The van der Waals surface area contributed by atoms with Crippen molar-refractivity contribution in [2.45, 2.75) is 6.92 Å². The molecule has 0 heterocycles. The Kier molecular flexibility index (Phi) is 6.25. The van der Waals surface area contributed by atoms with Crippen LogP contribution in [0, 0.1) is 6.92 Å². The number of ether oxygens (including phenoxy) is 3. The number of rotatable bonds is 6. The lowest BCUT2D eigenvalue weighted by molar-refractivity contribution is -0.119. The van der Waals surface area contributed by atoms with Crippen molar-refractivity contribution in [2.24, 2.45) is 0 Å². The molecule has 0 bridgehead atoms. The van der Waals surface area contributed by atoms with Gasteiger partial charge in [-0.05, 0) is 36.8 Å². The molecule has 6 nitrogen and oxygen atoms in total. The lowest BCUT2D eigenvalue weighted by atomic mass is 10.2. The summed E-state index contributed by atoms with van der Waals surface area (Å²) < 4.78 is 15.3. The van der Waals surface area contributed by atoms with Crippen molar-refractivity contribution in [1.29, 1.82) is 0 Å². The standard InChI is InChI=1S/C18H18ClNO5/c1-11-7-8-14(13(19)9-11)20-16(21)10-25-18(22)12-5-4-6-15(23-2)17(12)24-3/h4-9H,10H2,1-3H3,(H,20,21). The maximum Gasteiger partial charge on any atom is 0.342 e. The number of nitrogens with one attached hydrogen (secondary N) is 1. The van der Waals surface area contributed by atoms with Crippen LogP contribution in [0.5, 0.6) is 11.5 Å². The number of carbonyl (C=O) groups excluding carboxylic acids is 2. The summed E-state index contributed by atoms with van der Waals surface area (Å²) in [5.74, 6) is -0.549. The summed E-state index contributed by atoms with van der Waals surface area (Å²) in [6.07, 6.45) is 0. The van der Waals surface area contributed by atoms with E-state index >= 15 is 0 Å². The fourth-order valence-electron chi connectivity index (χ4n) is 2.16. The number of methoxy groups -OCH3 is 2. The summed E-state index contributed by atoms with van der Waals surface area (Å²) in [7, 11) is 2.88. The van der Waals surface area contributed by atoms with Crippen molar-refractivity contribution in [1.82, 2.24) is 0 Å². The molecule has 25 heavy (non-hydrogen) atoms. The first-order chi connectivity index (χ1) is 12.0. The number of carbonyl (C=O) groups is 2. The van der Waals surface area contributed by atoms with E-state index in [1.54, 1.807) is 24.3 Å². The van der Waals surface area contributed by atoms with Gasteiger partial charge in [0, 0.05) is 0 Å².